The van der Waals surface area contributed by atoms with Gasteiger partial charge in [-0.05, 0) is 118 Å². The Morgan fingerprint density at radius 3 is 1.22 bits per heavy atom. The van der Waals surface area contributed by atoms with E-state index in [0.717, 1.165) is 27.5 Å². The highest BCUT2D eigenvalue weighted by Crippen LogP contribution is 2.39. The fraction of sp³-hybridized carbons (Fsp3) is 0. The number of para-hydroxylation sites is 2. The van der Waals surface area contributed by atoms with Crippen LogP contribution in [0.25, 0.3) is 98.1 Å². The van der Waals surface area contributed by atoms with Gasteiger partial charge < -0.3 is 18.9 Å². The maximum absolute atomic E-state index is 9.07. The standard InChI is InChI=1S/C26H16O.C14H9Br.C12H9BO3/c1-3-9-20-17(7-1)15-18-8-2-4-10-21(18)26(20)19-13-14-23-22-11-5-6-12-24(22)27-25(23)16-19;15-14-12-7-3-1-5-10(12)9-11-6-2-4-8-13(11)14;14-13(15)8-5-6-10-9-3-1-2-4-11(9)16-12(10)7-8/h1-16H;1-9H;1-7,14-15H. The molecular weight excluding hydrogens is 779 g/mol. The lowest BCUT2D eigenvalue weighted by Crippen LogP contribution is -2.29. The van der Waals surface area contributed by atoms with Gasteiger partial charge in [-0.3, -0.25) is 0 Å². The smallest absolute Gasteiger partial charge is 0.456 e. The van der Waals surface area contributed by atoms with Crippen LogP contribution in [0.1, 0.15) is 0 Å². The second-order valence-corrected chi connectivity index (χ2v) is 15.2. The predicted molar refractivity (Wildman–Crippen MR) is 247 cm³/mol. The molecule has 12 rings (SSSR count). The summed E-state index contributed by atoms with van der Waals surface area (Å²) in [6, 6.07) is 66.3. The van der Waals surface area contributed by atoms with E-state index in [2.05, 4.69) is 155 Å². The van der Waals surface area contributed by atoms with Crippen molar-refractivity contribution in [3.05, 3.63) is 199 Å². The van der Waals surface area contributed by atoms with Gasteiger partial charge in [-0.1, -0.05) is 152 Å². The molecule has 0 aliphatic carbocycles. The molecule has 10 aromatic carbocycles. The van der Waals surface area contributed by atoms with Crippen molar-refractivity contribution >= 4 is 115 Å². The van der Waals surface area contributed by atoms with E-state index in [4.69, 9.17) is 18.9 Å². The molecule has 0 amide bonds. The Hall–Kier alpha value is -6.70. The quantitative estimate of drug-likeness (QED) is 0.135. The summed E-state index contributed by atoms with van der Waals surface area (Å²) in [5, 5.41) is 32.7. The summed E-state index contributed by atoms with van der Waals surface area (Å²) >= 11 is 3.68. The number of benzene rings is 10. The van der Waals surface area contributed by atoms with E-state index in [9.17, 15) is 0 Å². The van der Waals surface area contributed by atoms with Crippen molar-refractivity contribution in [1.29, 1.82) is 0 Å². The first kappa shape index (κ1) is 35.7. The molecule has 2 N–H and O–H groups in total. The zero-order valence-electron chi connectivity index (χ0n) is 31.1. The van der Waals surface area contributed by atoms with Crippen LogP contribution in [0, 0.1) is 0 Å². The monoisotopic (exact) mass is 812 g/mol. The summed E-state index contributed by atoms with van der Waals surface area (Å²) in [6.07, 6.45) is 0. The summed E-state index contributed by atoms with van der Waals surface area (Å²) < 4.78 is 13.0. The highest BCUT2D eigenvalue weighted by atomic mass is 79.9. The van der Waals surface area contributed by atoms with Crippen LogP contribution in [0.3, 0.4) is 0 Å². The van der Waals surface area contributed by atoms with Crippen LogP contribution in [0.15, 0.2) is 207 Å². The molecule has 0 unspecified atom stereocenters. The summed E-state index contributed by atoms with van der Waals surface area (Å²) in [6.45, 7) is 0. The van der Waals surface area contributed by atoms with Crippen LogP contribution in [-0.4, -0.2) is 17.2 Å². The lowest BCUT2D eigenvalue weighted by molar-refractivity contribution is 0.425. The van der Waals surface area contributed by atoms with Crippen LogP contribution in [0.5, 0.6) is 0 Å². The molecule has 0 fully saturated rings. The van der Waals surface area contributed by atoms with Crippen LogP contribution >= 0.6 is 15.9 Å². The van der Waals surface area contributed by atoms with E-state index in [1.165, 1.54) is 69.5 Å². The van der Waals surface area contributed by atoms with E-state index in [1.54, 1.807) is 12.1 Å². The van der Waals surface area contributed by atoms with E-state index in [-0.39, 0.29) is 0 Å². The van der Waals surface area contributed by atoms with Crippen molar-refractivity contribution in [2.45, 2.75) is 0 Å². The minimum atomic E-state index is -1.46. The third kappa shape index (κ3) is 6.47. The fourth-order valence-electron chi connectivity index (χ4n) is 8.07. The molecule has 276 valence electrons. The Balaban J connectivity index is 0.000000113. The number of halogens is 1. The van der Waals surface area contributed by atoms with Crippen molar-refractivity contribution in [3.8, 4) is 11.1 Å². The molecular formula is C52H34BBrO4. The predicted octanol–water partition coefficient (Wildman–Crippen LogP) is 13.6. The minimum Gasteiger partial charge on any atom is -0.456 e. The normalized spacial score (nSPS) is 11.4. The lowest BCUT2D eigenvalue weighted by Gasteiger charge is -2.12. The number of fused-ring (bicyclic) bond motifs is 10. The first-order chi connectivity index (χ1) is 28.5. The Labute approximate surface area is 342 Å². The molecule has 6 heteroatoms. The average Bonchev–Trinajstić information content (AvgIpc) is 3.84. The van der Waals surface area contributed by atoms with E-state index in [1.807, 2.05) is 42.5 Å². The number of furan rings is 2. The van der Waals surface area contributed by atoms with Gasteiger partial charge in [0.25, 0.3) is 0 Å². The third-order valence-electron chi connectivity index (χ3n) is 10.8. The SMILES string of the molecule is Brc1c2ccccc2cc2ccccc12.OB(O)c1ccc2c(c1)oc1ccccc12.c1ccc2c(-c3ccc4c(c3)oc3ccccc34)c3ccccc3cc2c1. The Morgan fingerprint density at radius 1 is 0.345 bits per heavy atom. The fourth-order valence-corrected chi connectivity index (χ4v) is 8.79. The summed E-state index contributed by atoms with van der Waals surface area (Å²) in [4.78, 5) is 0. The molecule has 0 atom stereocenters. The molecule has 4 nitrogen and oxygen atoms in total. The Kier molecular flexibility index (Phi) is 9.23. The average molecular weight is 814 g/mol. The molecule has 0 spiro atoms. The molecule has 0 saturated heterocycles. The van der Waals surface area contributed by atoms with Crippen molar-refractivity contribution in [2.24, 2.45) is 0 Å². The molecule has 12 aromatic rings. The van der Waals surface area contributed by atoms with Gasteiger partial charge in [0.05, 0.1) is 0 Å². The largest absolute Gasteiger partial charge is 0.488 e. The molecule has 0 saturated carbocycles. The molecule has 0 radical (unpaired) electrons. The Morgan fingerprint density at radius 2 is 0.724 bits per heavy atom. The molecule has 2 heterocycles. The number of hydrogen-bond acceptors (Lipinski definition) is 4. The van der Waals surface area contributed by atoms with Crippen LogP contribution < -0.4 is 5.46 Å². The molecule has 0 aliphatic heterocycles. The van der Waals surface area contributed by atoms with Crippen molar-refractivity contribution in [2.75, 3.05) is 0 Å². The maximum Gasteiger partial charge on any atom is 0.488 e. The summed E-state index contributed by atoms with van der Waals surface area (Å²) in [7, 11) is -1.46. The highest BCUT2D eigenvalue weighted by Gasteiger charge is 2.15. The first-order valence-corrected chi connectivity index (χ1v) is 19.9. The number of rotatable bonds is 2. The first-order valence-electron chi connectivity index (χ1n) is 19.2. The van der Waals surface area contributed by atoms with Gasteiger partial charge in [0.1, 0.15) is 22.3 Å². The van der Waals surface area contributed by atoms with Gasteiger partial charge in [0.15, 0.2) is 0 Å². The van der Waals surface area contributed by atoms with E-state index >= 15 is 0 Å². The second-order valence-electron chi connectivity index (χ2n) is 14.4. The van der Waals surface area contributed by atoms with Gasteiger partial charge >= 0.3 is 7.12 Å². The zero-order valence-corrected chi connectivity index (χ0v) is 32.7. The van der Waals surface area contributed by atoms with Crippen molar-refractivity contribution < 1.29 is 18.9 Å². The molecule has 58 heavy (non-hydrogen) atoms. The van der Waals surface area contributed by atoms with Gasteiger partial charge in [0, 0.05) is 26.0 Å². The van der Waals surface area contributed by atoms with E-state index < -0.39 is 7.12 Å². The molecule has 0 aliphatic rings. The van der Waals surface area contributed by atoms with Gasteiger partial charge in [-0.25, -0.2) is 0 Å². The molecule has 0 bridgehead atoms. The van der Waals surface area contributed by atoms with Gasteiger partial charge in [-0.15, -0.1) is 0 Å². The molecule has 2 aromatic heterocycles. The summed E-state index contributed by atoms with van der Waals surface area (Å²) in [5.74, 6) is 0. The Bertz CT molecular complexity index is 3370. The lowest BCUT2D eigenvalue weighted by atomic mass is 9.80. The summed E-state index contributed by atoms with van der Waals surface area (Å²) in [5.41, 5.74) is 6.25. The van der Waals surface area contributed by atoms with Crippen LogP contribution in [-0.2, 0) is 0 Å². The third-order valence-corrected chi connectivity index (χ3v) is 11.7. The highest BCUT2D eigenvalue weighted by molar-refractivity contribution is 9.10. The van der Waals surface area contributed by atoms with Gasteiger partial charge in [0.2, 0.25) is 0 Å². The maximum atomic E-state index is 9.07. The van der Waals surface area contributed by atoms with Crippen molar-refractivity contribution in [3.63, 3.8) is 0 Å². The van der Waals surface area contributed by atoms with Crippen LogP contribution in [0.2, 0.25) is 0 Å². The number of hydrogen-bond donors (Lipinski definition) is 2. The zero-order chi connectivity index (χ0) is 39.2. The topological polar surface area (TPSA) is 66.7 Å². The van der Waals surface area contributed by atoms with Crippen molar-refractivity contribution in [1.82, 2.24) is 0 Å². The van der Waals surface area contributed by atoms with Gasteiger partial charge in [-0.2, -0.15) is 0 Å². The minimum absolute atomic E-state index is 0.437. The second kappa shape index (κ2) is 15.0. The van der Waals surface area contributed by atoms with E-state index in [0.29, 0.717) is 11.0 Å². The van der Waals surface area contributed by atoms with Crippen LogP contribution in [0.4, 0.5) is 0 Å².